The molecule has 0 atom stereocenters. The molecular formula is C68H52P2. The van der Waals surface area contributed by atoms with Crippen molar-refractivity contribution in [1.82, 2.24) is 0 Å². The molecular weight excluding hydrogens is 879 g/mol. The second-order valence-electron chi connectivity index (χ2n) is 18.3. The van der Waals surface area contributed by atoms with Crippen LogP contribution in [0.3, 0.4) is 0 Å². The van der Waals surface area contributed by atoms with Crippen molar-refractivity contribution in [2.45, 2.75) is 0 Å². The van der Waals surface area contributed by atoms with Gasteiger partial charge in [-0.1, -0.05) is 0 Å². The molecule has 12 aromatic rings. The van der Waals surface area contributed by atoms with Crippen molar-refractivity contribution in [3.8, 4) is 11.1 Å². The number of hydrogen-bond acceptors (Lipinski definition) is 0. The molecule has 12 rings (SSSR count). The van der Waals surface area contributed by atoms with Crippen LogP contribution in [-0.2, 0) is 0 Å². The quantitative estimate of drug-likeness (QED) is 0.113. The van der Waals surface area contributed by atoms with Gasteiger partial charge in [-0.2, -0.15) is 0 Å². The van der Waals surface area contributed by atoms with Gasteiger partial charge >= 0.3 is 414 Å². The monoisotopic (exact) mass is 930 g/mol. The normalized spacial score (nSPS) is 12.9. The molecule has 334 valence electrons. The molecule has 0 aliphatic carbocycles. The summed E-state index contributed by atoms with van der Waals surface area (Å²) in [4.78, 5) is 0. The van der Waals surface area contributed by atoms with Gasteiger partial charge in [0.15, 0.2) is 0 Å². The van der Waals surface area contributed by atoms with E-state index in [1.807, 2.05) is 0 Å². The van der Waals surface area contributed by atoms with Gasteiger partial charge in [-0.05, 0) is 0 Å². The van der Waals surface area contributed by atoms with Crippen LogP contribution in [0, 0.1) is 0 Å². The summed E-state index contributed by atoms with van der Waals surface area (Å²) in [6, 6.07) is 120. The van der Waals surface area contributed by atoms with Gasteiger partial charge in [0.1, 0.15) is 0 Å². The van der Waals surface area contributed by atoms with Crippen LogP contribution < -0.4 is 53.0 Å². The van der Waals surface area contributed by atoms with Crippen LogP contribution in [0.25, 0.3) is 32.7 Å². The summed E-state index contributed by atoms with van der Waals surface area (Å²) in [6.45, 7) is -8.28. The van der Waals surface area contributed by atoms with Crippen molar-refractivity contribution < 1.29 is 0 Å². The van der Waals surface area contributed by atoms with Crippen LogP contribution in [0.5, 0.6) is 0 Å². The van der Waals surface area contributed by atoms with E-state index in [9.17, 15) is 0 Å². The Kier molecular flexibility index (Phi) is 10.8. The second kappa shape index (κ2) is 17.5. The molecule has 70 heavy (non-hydrogen) atoms. The second-order valence-corrected chi connectivity index (χ2v) is 27.8. The minimum absolute atomic E-state index is 1.19. The van der Waals surface area contributed by atoms with Crippen LogP contribution >= 0.6 is 13.2 Å². The number of hydrogen-bond donors (Lipinski definition) is 0. The van der Waals surface area contributed by atoms with Crippen LogP contribution in [-0.4, -0.2) is 0 Å². The summed E-state index contributed by atoms with van der Waals surface area (Å²) < 4.78 is 0. The Labute approximate surface area is 412 Å². The van der Waals surface area contributed by atoms with E-state index in [1.54, 1.807) is 0 Å². The van der Waals surface area contributed by atoms with Crippen molar-refractivity contribution in [2.24, 2.45) is 0 Å². The minimum atomic E-state index is -4.14. The predicted octanol–water partition coefficient (Wildman–Crippen LogP) is 12.6. The van der Waals surface area contributed by atoms with Gasteiger partial charge in [-0.25, -0.2) is 0 Å². The summed E-state index contributed by atoms with van der Waals surface area (Å²) in [5, 5.41) is 17.7. The Morgan fingerprint density at radius 3 is 0.557 bits per heavy atom. The van der Waals surface area contributed by atoms with Crippen LogP contribution in [0.1, 0.15) is 0 Å². The van der Waals surface area contributed by atoms with Crippen molar-refractivity contribution in [1.29, 1.82) is 0 Å². The molecule has 0 amide bonds. The van der Waals surface area contributed by atoms with Crippen LogP contribution in [0.4, 0.5) is 0 Å². The molecule has 0 fully saturated rings. The van der Waals surface area contributed by atoms with E-state index in [0.717, 1.165) is 0 Å². The predicted molar refractivity (Wildman–Crippen MR) is 309 cm³/mol. The Hall–Kier alpha value is -7.98. The maximum atomic E-state index is 2.53. The van der Waals surface area contributed by atoms with E-state index in [0.29, 0.717) is 0 Å². The van der Waals surface area contributed by atoms with Gasteiger partial charge in [-0.3, -0.25) is 0 Å². The fraction of sp³-hybridized carbons (Fsp3) is 0. The zero-order valence-corrected chi connectivity index (χ0v) is 40.7. The zero-order chi connectivity index (χ0) is 46.9. The molecule has 0 N–H and O–H groups in total. The number of fused-ring (bicyclic) bond motifs is 2. The van der Waals surface area contributed by atoms with Gasteiger partial charge in [0, 0.05) is 0 Å². The molecule has 0 aliphatic heterocycles. The van der Waals surface area contributed by atoms with Gasteiger partial charge in [0.05, 0.1) is 0 Å². The third-order valence-electron chi connectivity index (χ3n) is 15.2. The summed E-state index contributed by atoms with van der Waals surface area (Å²) in [5.41, 5.74) is 2.49. The molecule has 0 aliphatic rings. The van der Waals surface area contributed by atoms with E-state index < -0.39 is 13.2 Å². The SMILES string of the molecule is c1ccc(P(c2ccccc2)(c2ccccc2)(c2ccccc2)c2ccc3ccccc3c2-c2c(P(c3ccccc3)(c3ccccc3)(c3ccccc3)c3ccccc3)ccc3ccccc23)cc1. The molecule has 0 heterocycles. The average molecular weight is 931 g/mol. The molecule has 0 saturated heterocycles. The Balaban J connectivity index is 1.45. The number of rotatable bonds is 11. The molecule has 0 unspecified atom stereocenters. The van der Waals surface area contributed by atoms with E-state index >= 15 is 0 Å². The Morgan fingerprint density at radius 1 is 0.157 bits per heavy atom. The molecule has 0 aromatic heterocycles. The molecule has 12 aromatic carbocycles. The Bertz CT molecular complexity index is 3160. The van der Waals surface area contributed by atoms with E-state index in [-0.39, 0.29) is 0 Å². The number of benzene rings is 12. The van der Waals surface area contributed by atoms with Gasteiger partial charge < -0.3 is 0 Å². The van der Waals surface area contributed by atoms with Gasteiger partial charge in [-0.15, -0.1) is 0 Å². The first-order valence-corrected chi connectivity index (χ1v) is 28.7. The van der Waals surface area contributed by atoms with Crippen LogP contribution in [0.15, 0.2) is 315 Å². The molecule has 0 bridgehead atoms. The molecule has 0 spiro atoms. The summed E-state index contributed by atoms with van der Waals surface area (Å²) in [6.07, 6.45) is 0. The van der Waals surface area contributed by atoms with E-state index in [4.69, 9.17) is 0 Å². The first-order chi connectivity index (χ1) is 34.7. The van der Waals surface area contributed by atoms with Gasteiger partial charge in [0.25, 0.3) is 0 Å². The molecule has 0 saturated carbocycles. The van der Waals surface area contributed by atoms with Crippen molar-refractivity contribution in [2.75, 3.05) is 0 Å². The standard InChI is InChI=1S/C68H52P2/c1-9-31-55(32-10-1)69(56-33-11-2-12-34-56,57-35-13-3-14-36-57,58-37-15-4-16-38-58)65-51-49-53-29-25-27-47-63(53)67(65)68-64-48-28-26-30-54(64)50-52-66(68)70(59-39-17-5-18-40-59,60-41-19-6-20-42-60,61-43-21-7-22-44-61)62-45-23-8-24-46-62/h1-52H. The fourth-order valence-corrected chi connectivity index (χ4v) is 26.6. The van der Waals surface area contributed by atoms with Gasteiger partial charge in [0.2, 0.25) is 0 Å². The van der Waals surface area contributed by atoms with E-state index in [1.165, 1.54) is 85.7 Å². The van der Waals surface area contributed by atoms with Crippen LogP contribution in [0.2, 0.25) is 0 Å². The summed E-state index contributed by atoms with van der Waals surface area (Å²) in [5.74, 6) is 0. The third-order valence-corrected chi connectivity index (χ3v) is 28.5. The fourth-order valence-electron chi connectivity index (χ4n) is 12.5. The van der Waals surface area contributed by atoms with E-state index in [2.05, 4.69) is 315 Å². The third kappa shape index (κ3) is 5.91. The van der Waals surface area contributed by atoms with Crippen molar-refractivity contribution in [3.63, 3.8) is 0 Å². The zero-order valence-electron chi connectivity index (χ0n) is 38.9. The van der Waals surface area contributed by atoms with Crippen molar-refractivity contribution >= 4 is 87.8 Å². The maximum absolute atomic E-state index is 4.14. The summed E-state index contributed by atoms with van der Waals surface area (Å²) >= 11 is 0. The molecule has 0 radical (unpaired) electrons. The first-order valence-electron chi connectivity index (χ1n) is 24.2. The molecule has 0 nitrogen and oxygen atoms in total. The molecule has 2 heteroatoms. The van der Waals surface area contributed by atoms with Crippen molar-refractivity contribution in [3.05, 3.63) is 315 Å². The summed E-state index contributed by atoms with van der Waals surface area (Å²) in [7, 11) is 0. The first kappa shape index (κ1) is 43.3. The average Bonchev–Trinajstić information content (AvgIpc) is 3.47. The topological polar surface area (TPSA) is 0 Å². The Morgan fingerprint density at radius 2 is 0.343 bits per heavy atom.